The third-order valence-corrected chi connectivity index (χ3v) is 3.83. The van der Waals surface area contributed by atoms with Gasteiger partial charge in [-0.25, -0.2) is 0 Å². The smallest absolute Gasteiger partial charge is 0.185 e. The van der Waals surface area contributed by atoms with Crippen LogP contribution in [0.4, 0.5) is 0 Å². The van der Waals surface area contributed by atoms with Gasteiger partial charge in [0.15, 0.2) is 17.3 Å². The number of hydrogen-bond acceptors (Lipinski definition) is 4. The minimum absolute atomic E-state index is 0.126. The van der Waals surface area contributed by atoms with E-state index < -0.39 is 0 Å². The van der Waals surface area contributed by atoms with E-state index in [1.165, 1.54) is 13.2 Å². The highest BCUT2D eigenvalue weighted by molar-refractivity contribution is 6.17. The number of allylic oxidation sites excluding steroid dienone is 1. The number of ketones is 1. The number of hydrogen-bond donors (Lipinski definition) is 0. The second-order valence-corrected chi connectivity index (χ2v) is 5.24. The summed E-state index contributed by atoms with van der Waals surface area (Å²) < 4.78 is 15.6. The molecule has 0 aliphatic carbocycles. The molecule has 0 aromatic heterocycles. The molecule has 0 amide bonds. The van der Waals surface area contributed by atoms with Gasteiger partial charge in [0.1, 0.15) is 5.75 Å². The molecule has 4 nitrogen and oxygen atoms in total. The number of alkyl halides is 1. The van der Waals surface area contributed by atoms with Crippen molar-refractivity contribution in [1.29, 1.82) is 0 Å². The molecule has 2 aromatic carbocycles. The number of halogens is 1. The third kappa shape index (κ3) is 4.09. The molecular formula is C19H19ClO4. The summed E-state index contributed by atoms with van der Waals surface area (Å²) in [6, 6.07) is 10.7. The van der Waals surface area contributed by atoms with Crippen LogP contribution in [-0.4, -0.2) is 27.1 Å². The third-order valence-electron chi connectivity index (χ3n) is 3.54. The highest BCUT2D eigenvalue weighted by Crippen LogP contribution is 2.28. The van der Waals surface area contributed by atoms with Crippen molar-refractivity contribution in [2.45, 2.75) is 5.88 Å². The molecule has 5 heteroatoms. The minimum atomic E-state index is -0.126. The molecule has 0 aliphatic heterocycles. The molecule has 0 saturated carbocycles. The average Bonchev–Trinajstić information content (AvgIpc) is 2.64. The summed E-state index contributed by atoms with van der Waals surface area (Å²) in [7, 11) is 4.69. The highest BCUT2D eigenvalue weighted by Gasteiger charge is 2.09. The first kappa shape index (κ1) is 17.9. The first-order valence-electron chi connectivity index (χ1n) is 7.30. The number of carbonyl (C=O) groups is 1. The Balaban J connectivity index is 2.21. The largest absolute Gasteiger partial charge is 0.496 e. The Bertz CT molecular complexity index is 753. The summed E-state index contributed by atoms with van der Waals surface area (Å²) in [6.45, 7) is 0. The molecule has 2 aromatic rings. The summed E-state index contributed by atoms with van der Waals surface area (Å²) in [4.78, 5) is 12.3. The first-order valence-corrected chi connectivity index (χ1v) is 7.83. The van der Waals surface area contributed by atoms with Gasteiger partial charge in [-0.05, 0) is 42.0 Å². The van der Waals surface area contributed by atoms with Crippen molar-refractivity contribution < 1.29 is 19.0 Å². The lowest BCUT2D eigenvalue weighted by Crippen LogP contribution is -1.97. The summed E-state index contributed by atoms with van der Waals surface area (Å²) >= 11 is 5.91. The van der Waals surface area contributed by atoms with Gasteiger partial charge in [0.25, 0.3) is 0 Å². The Morgan fingerprint density at radius 3 is 2.25 bits per heavy atom. The number of benzene rings is 2. The summed E-state index contributed by atoms with van der Waals surface area (Å²) in [5, 5.41) is 0. The normalized spacial score (nSPS) is 10.7. The highest BCUT2D eigenvalue weighted by atomic mass is 35.5. The van der Waals surface area contributed by atoms with Gasteiger partial charge < -0.3 is 14.2 Å². The number of rotatable bonds is 7. The van der Waals surface area contributed by atoms with Crippen molar-refractivity contribution in [3.63, 3.8) is 0 Å². The zero-order valence-electron chi connectivity index (χ0n) is 13.8. The Kier molecular flexibility index (Phi) is 6.27. The first-order chi connectivity index (χ1) is 11.6. The van der Waals surface area contributed by atoms with E-state index in [0.29, 0.717) is 22.9 Å². The van der Waals surface area contributed by atoms with Crippen molar-refractivity contribution >= 4 is 23.5 Å². The number of methoxy groups -OCH3 is 3. The predicted octanol–water partition coefficient (Wildman–Crippen LogP) is 4.35. The predicted molar refractivity (Wildman–Crippen MR) is 95.5 cm³/mol. The van der Waals surface area contributed by atoms with E-state index in [9.17, 15) is 4.79 Å². The van der Waals surface area contributed by atoms with Crippen LogP contribution in [0.3, 0.4) is 0 Å². The monoisotopic (exact) mass is 346 g/mol. The molecule has 0 bridgehead atoms. The molecule has 0 heterocycles. The Morgan fingerprint density at radius 2 is 1.62 bits per heavy atom. The van der Waals surface area contributed by atoms with Gasteiger partial charge in [0.05, 0.1) is 27.2 Å². The summed E-state index contributed by atoms with van der Waals surface area (Å²) in [6.07, 6.45) is 3.26. The Labute approximate surface area is 146 Å². The van der Waals surface area contributed by atoms with E-state index in [1.807, 2.05) is 18.2 Å². The molecule has 0 fully saturated rings. The molecule has 0 unspecified atom stereocenters. The van der Waals surface area contributed by atoms with Crippen molar-refractivity contribution in [3.05, 3.63) is 59.2 Å². The van der Waals surface area contributed by atoms with Gasteiger partial charge in [-0.3, -0.25) is 4.79 Å². The van der Waals surface area contributed by atoms with Crippen LogP contribution in [-0.2, 0) is 5.88 Å². The van der Waals surface area contributed by atoms with Crippen LogP contribution < -0.4 is 14.2 Å². The van der Waals surface area contributed by atoms with E-state index in [1.54, 1.807) is 38.5 Å². The number of carbonyl (C=O) groups excluding carboxylic acids is 1. The topological polar surface area (TPSA) is 44.8 Å². The van der Waals surface area contributed by atoms with Crippen LogP contribution in [0, 0.1) is 0 Å². The minimum Gasteiger partial charge on any atom is -0.496 e. The van der Waals surface area contributed by atoms with Gasteiger partial charge in [-0.15, -0.1) is 11.6 Å². The van der Waals surface area contributed by atoms with E-state index in [0.717, 1.165) is 16.9 Å². The zero-order chi connectivity index (χ0) is 17.5. The van der Waals surface area contributed by atoms with Gasteiger partial charge in [-0.2, -0.15) is 0 Å². The second kappa shape index (κ2) is 8.41. The molecule has 0 spiro atoms. The van der Waals surface area contributed by atoms with Crippen LogP contribution in [0.2, 0.25) is 0 Å². The lowest BCUT2D eigenvalue weighted by Gasteiger charge is -2.08. The van der Waals surface area contributed by atoms with Gasteiger partial charge in [0, 0.05) is 11.1 Å². The fourth-order valence-corrected chi connectivity index (χ4v) is 2.47. The van der Waals surface area contributed by atoms with Crippen LogP contribution in [0.15, 0.2) is 42.5 Å². The molecule has 0 radical (unpaired) electrons. The zero-order valence-corrected chi connectivity index (χ0v) is 14.6. The Morgan fingerprint density at radius 1 is 0.958 bits per heavy atom. The molecule has 24 heavy (non-hydrogen) atoms. The maximum Gasteiger partial charge on any atom is 0.185 e. The lowest BCUT2D eigenvalue weighted by molar-refractivity contribution is 0.104. The Hall–Kier alpha value is -2.46. The van der Waals surface area contributed by atoms with E-state index in [-0.39, 0.29) is 5.78 Å². The average molecular weight is 347 g/mol. The van der Waals surface area contributed by atoms with Crippen LogP contribution in [0.1, 0.15) is 21.5 Å². The molecular weight excluding hydrogens is 328 g/mol. The quantitative estimate of drug-likeness (QED) is 0.425. The van der Waals surface area contributed by atoms with Crippen LogP contribution >= 0.6 is 11.6 Å². The maximum absolute atomic E-state index is 12.3. The molecule has 0 aliphatic rings. The van der Waals surface area contributed by atoms with Crippen LogP contribution in [0.5, 0.6) is 17.2 Å². The lowest BCUT2D eigenvalue weighted by atomic mass is 10.1. The molecule has 0 saturated heterocycles. The van der Waals surface area contributed by atoms with E-state index in [4.69, 9.17) is 25.8 Å². The van der Waals surface area contributed by atoms with Gasteiger partial charge in [0.2, 0.25) is 0 Å². The standard InChI is InChI=1S/C19H19ClO4/c1-22-17-8-5-13(10-15(17)12-20)4-7-16(21)14-6-9-18(23-2)19(11-14)24-3/h4-11H,12H2,1-3H3/b7-4+. The van der Waals surface area contributed by atoms with Crippen LogP contribution in [0.25, 0.3) is 6.08 Å². The fourth-order valence-electron chi connectivity index (χ4n) is 2.26. The van der Waals surface area contributed by atoms with Crippen molar-refractivity contribution in [2.24, 2.45) is 0 Å². The maximum atomic E-state index is 12.3. The summed E-state index contributed by atoms with van der Waals surface area (Å²) in [5.41, 5.74) is 2.27. The van der Waals surface area contributed by atoms with Gasteiger partial charge in [-0.1, -0.05) is 12.1 Å². The summed E-state index contributed by atoms with van der Waals surface area (Å²) in [5.74, 6) is 2.05. The van der Waals surface area contributed by atoms with E-state index >= 15 is 0 Å². The SMILES string of the molecule is COc1ccc(/C=C/C(=O)c2ccc(OC)c(OC)c2)cc1CCl. The molecule has 2 rings (SSSR count). The molecule has 0 atom stereocenters. The second-order valence-electron chi connectivity index (χ2n) is 4.97. The molecule has 0 N–H and O–H groups in total. The van der Waals surface area contributed by atoms with Crippen molar-refractivity contribution in [1.82, 2.24) is 0 Å². The van der Waals surface area contributed by atoms with Crippen molar-refractivity contribution in [3.8, 4) is 17.2 Å². The van der Waals surface area contributed by atoms with Gasteiger partial charge >= 0.3 is 0 Å². The van der Waals surface area contributed by atoms with Crippen molar-refractivity contribution in [2.75, 3.05) is 21.3 Å². The van der Waals surface area contributed by atoms with E-state index in [2.05, 4.69) is 0 Å². The molecule has 126 valence electrons. The number of ether oxygens (including phenoxy) is 3. The fraction of sp³-hybridized carbons (Fsp3) is 0.211.